The van der Waals surface area contributed by atoms with Crippen LogP contribution in [-0.4, -0.2) is 37.4 Å². The summed E-state index contributed by atoms with van der Waals surface area (Å²) in [7, 11) is 2.77. The van der Waals surface area contributed by atoms with E-state index in [4.69, 9.17) is 9.47 Å². The lowest BCUT2D eigenvalue weighted by Gasteiger charge is -2.31. The van der Waals surface area contributed by atoms with E-state index >= 15 is 0 Å². The summed E-state index contributed by atoms with van der Waals surface area (Å²) in [5.41, 5.74) is 0. The molecule has 0 aliphatic rings. The van der Waals surface area contributed by atoms with Gasteiger partial charge < -0.3 is 9.47 Å². The maximum atomic E-state index is 13.6. The maximum absolute atomic E-state index is 13.6. The first kappa shape index (κ1) is 21.8. The molecule has 0 saturated carbocycles. The summed E-state index contributed by atoms with van der Waals surface area (Å²) in [6, 6.07) is 29.2. The molecule has 1 atom stereocenters. The molecule has 0 aliphatic carbocycles. The lowest BCUT2D eigenvalue weighted by atomic mass is 10.2. The van der Waals surface area contributed by atoms with Crippen LogP contribution in [0.2, 0.25) is 0 Å². The van der Waals surface area contributed by atoms with Crippen molar-refractivity contribution in [3.8, 4) is 0 Å². The molecule has 0 unspecified atom stereocenters. The summed E-state index contributed by atoms with van der Waals surface area (Å²) >= 11 is 0. The predicted octanol–water partition coefficient (Wildman–Crippen LogP) is 2.93. The van der Waals surface area contributed by atoms with Gasteiger partial charge in [-0.2, -0.15) is 0 Å². The Kier molecular flexibility index (Phi) is 7.04. The Labute approximate surface area is 177 Å². The number of esters is 1. The van der Waals surface area contributed by atoms with Crippen LogP contribution in [0, 0.1) is 0 Å². The predicted molar refractivity (Wildman–Crippen MR) is 124 cm³/mol. The summed E-state index contributed by atoms with van der Waals surface area (Å²) in [5.74, 6) is -0.997. The molecule has 5 heteroatoms. The van der Waals surface area contributed by atoms with Crippen LogP contribution in [0.5, 0.6) is 0 Å². The van der Waals surface area contributed by atoms with Gasteiger partial charge in [-0.15, -0.1) is 0 Å². The van der Waals surface area contributed by atoms with Crippen LogP contribution < -0.4 is 15.9 Å². The highest BCUT2D eigenvalue weighted by molar-refractivity contribution is 7.97. The summed E-state index contributed by atoms with van der Waals surface area (Å²) in [6.07, 6.45) is -0.783. The van der Waals surface area contributed by atoms with Crippen LogP contribution in [0.3, 0.4) is 0 Å². The lowest BCUT2D eigenvalue weighted by Crippen LogP contribution is -2.41. The zero-order valence-corrected chi connectivity index (χ0v) is 18.2. The van der Waals surface area contributed by atoms with Crippen LogP contribution in [-0.2, 0) is 19.1 Å². The van der Waals surface area contributed by atoms with E-state index in [1.54, 1.807) is 6.92 Å². The van der Waals surface area contributed by atoms with Crippen LogP contribution in [0.15, 0.2) is 91.0 Å². The Bertz CT molecular complexity index is 957. The topological polar surface area (TPSA) is 52.6 Å². The smallest absolute Gasteiger partial charge is 0.342 e. The number of ether oxygens (including phenoxy) is 2. The molecule has 0 amide bonds. The van der Waals surface area contributed by atoms with E-state index < -0.39 is 19.0 Å². The number of methoxy groups -OCH3 is 2. The van der Waals surface area contributed by atoms with Crippen LogP contribution >= 0.6 is 6.89 Å². The van der Waals surface area contributed by atoms with Crippen molar-refractivity contribution in [1.29, 1.82) is 0 Å². The fourth-order valence-corrected chi connectivity index (χ4v) is 7.99. The summed E-state index contributed by atoms with van der Waals surface area (Å²) in [6.45, 7) is -1.19. The third kappa shape index (κ3) is 3.89. The van der Waals surface area contributed by atoms with E-state index in [0.717, 1.165) is 15.9 Å². The molecule has 0 N–H and O–H groups in total. The van der Waals surface area contributed by atoms with Crippen molar-refractivity contribution in [3.63, 3.8) is 0 Å². The van der Waals surface area contributed by atoms with Gasteiger partial charge in [-0.25, -0.2) is 4.79 Å². The minimum atomic E-state index is -2.85. The number of Topliss-reactive ketones (excluding diaryl/α,β-unsaturated/α-hetero) is 1. The monoisotopic (exact) mass is 420 g/mol. The number of hydrogen-bond acceptors (Lipinski definition) is 4. The van der Waals surface area contributed by atoms with Crippen LogP contribution in [0.25, 0.3) is 0 Å². The first-order chi connectivity index (χ1) is 14.6. The van der Waals surface area contributed by atoms with Crippen molar-refractivity contribution in [1.82, 2.24) is 0 Å². The van der Waals surface area contributed by atoms with Crippen LogP contribution in [0.4, 0.5) is 0 Å². The summed E-state index contributed by atoms with van der Waals surface area (Å²) in [4.78, 5) is 26.8. The van der Waals surface area contributed by atoms with Crippen LogP contribution in [0.1, 0.15) is 6.92 Å². The van der Waals surface area contributed by atoms with Gasteiger partial charge in [-0.1, -0.05) is 91.0 Å². The Morgan fingerprint density at radius 3 is 1.37 bits per heavy atom. The molecule has 0 heterocycles. The molecule has 30 heavy (non-hydrogen) atoms. The third-order valence-electron chi connectivity index (χ3n) is 5.10. The highest BCUT2D eigenvalue weighted by Gasteiger charge is 2.38. The number of benzene rings is 3. The van der Waals surface area contributed by atoms with Gasteiger partial charge in [0, 0.05) is 7.11 Å². The molecule has 0 spiro atoms. The molecule has 3 aromatic rings. The average molecular weight is 420 g/mol. The van der Waals surface area contributed by atoms with Gasteiger partial charge in [0.2, 0.25) is 0 Å². The summed E-state index contributed by atoms with van der Waals surface area (Å²) < 4.78 is 10.5. The zero-order chi connectivity index (χ0) is 21.6. The number of carbonyl (C=O) groups excluding carboxylic acids is 2. The second-order valence-electron chi connectivity index (χ2n) is 6.76. The fraction of sp³-hybridized carbons (Fsp3) is 0.160. The van der Waals surface area contributed by atoms with E-state index in [-0.39, 0.29) is 11.1 Å². The molecule has 3 rings (SSSR count). The SMILES string of the molecule is COC(=O)C(C(=O)[C@@H](C)OC)=P(c1ccccc1)(c1ccccc1)c1ccccc1. The first-order valence-corrected chi connectivity index (χ1v) is 11.4. The molecule has 0 aromatic heterocycles. The highest BCUT2D eigenvalue weighted by Crippen LogP contribution is 2.46. The standard InChI is InChI=1S/C25H25O4P/c1-19(28-2)23(26)24(25(27)29-3)30(20-13-7-4-8-14-20,21-15-9-5-10-16-21)22-17-11-6-12-18-22/h4-19H,1-3H3/t19-/m1/s1. The number of ketones is 1. The fourth-order valence-electron chi connectivity index (χ4n) is 3.59. The largest absolute Gasteiger partial charge is 0.465 e. The number of rotatable bonds is 7. The molecule has 0 saturated heterocycles. The van der Waals surface area contributed by atoms with Crippen molar-refractivity contribution in [2.24, 2.45) is 0 Å². The van der Waals surface area contributed by atoms with Gasteiger partial charge in [-0.3, -0.25) is 4.79 Å². The quantitative estimate of drug-likeness (QED) is 0.335. The van der Waals surface area contributed by atoms with E-state index in [9.17, 15) is 9.59 Å². The molecule has 4 nitrogen and oxygen atoms in total. The van der Waals surface area contributed by atoms with Gasteiger partial charge >= 0.3 is 5.97 Å². The van der Waals surface area contributed by atoms with Gasteiger partial charge in [0.05, 0.1) is 7.11 Å². The Hall–Kier alpha value is -2.94. The molecule has 0 fully saturated rings. The Morgan fingerprint density at radius 1 is 0.700 bits per heavy atom. The van der Waals surface area contributed by atoms with E-state index in [2.05, 4.69) is 0 Å². The Balaban J connectivity index is 2.64. The van der Waals surface area contributed by atoms with Gasteiger partial charge in [0.25, 0.3) is 0 Å². The number of hydrogen-bond donors (Lipinski definition) is 0. The summed E-state index contributed by atoms with van der Waals surface area (Å²) in [5, 5.41) is 2.83. The van der Waals surface area contributed by atoms with Crippen molar-refractivity contribution in [3.05, 3.63) is 91.0 Å². The minimum absolute atomic E-state index is 0.128. The molecular weight excluding hydrogens is 395 g/mol. The molecule has 0 bridgehead atoms. The highest BCUT2D eigenvalue weighted by atomic mass is 31.2. The molecule has 3 aromatic carbocycles. The van der Waals surface area contributed by atoms with Crippen molar-refractivity contribution < 1.29 is 19.1 Å². The second kappa shape index (κ2) is 9.71. The molecule has 154 valence electrons. The van der Waals surface area contributed by atoms with Gasteiger partial charge in [-0.05, 0) is 29.7 Å². The zero-order valence-electron chi connectivity index (χ0n) is 17.3. The third-order valence-corrected chi connectivity index (χ3v) is 9.39. The van der Waals surface area contributed by atoms with E-state index in [0.29, 0.717) is 0 Å². The van der Waals surface area contributed by atoms with Crippen molar-refractivity contribution in [2.75, 3.05) is 14.2 Å². The molecule has 0 aliphatic heterocycles. The van der Waals surface area contributed by atoms with Gasteiger partial charge in [0.15, 0.2) is 5.78 Å². The van der Waals surface area contributed by atoms with Crippen molar-refractivity contribution in [2.45, 2.75) is 13.0 Å². The second-order valence-corrected chi connectivity index (χ2v) is 10.1. The molecule has 0 radical (unpaired) electrons. The average Bonchev–Trinajstić information content (AvgIpc) is 2.82. The Morgan fingerprint density at radius 2 is 1.07 bits per heavy atom. The lowest BCUT2D eigenvalue weighted by molar-refractivity contribution is -0.134. The van der Waals surface area contributed by atoms with Crippen molar-refractivity contribution >= 4 is 39.8 Å². The van der Waals surface area contributed by atoms with E-state index in [1.807, 2.05) is 91.0 Å². The van der Waals surface area contributed by atoms with Gasteiger partial charge in [0.1, 0.15) is 11.4 Å². The normalized spacial score (nSPS) is 12.1. The maximum Gasteiger partial charge on any atom is 0.342 e. The number of carbonyl (C=O) groups is 2. The first-order valence-electron chi connectivity index (χ1n) is 9.66. The van der Waals surface area contributed by atoms with E-state index in [1.165, 1.54) is 14.2 Å². The molecular formula is C25H25O4P. The minimum Gasteiger partial charge on any atom is -0.465 e.